The van der Waals surface area contributed by atoms with Gasteiger partial charge in [-0.15, -0.1) is 0 Å². The molecule has 0 radical (unpaired) electrons. The summed E-state index contributed by atoms with van der Waals surface area (Å²) in [6.07, 6.45) is 4.93. The molecule has 0 aliphatic rings. The van der Waals surface area contributed by atoms with Crippen molar-refractivity contribution in [2.45, 2.75) is 104 Å². The molecular weight excluding hydrogens is 713 g/mol. The first-order chi connectivity index (χ1) is 26.0. The number of allylic oxidation sites excluding steroid dienone is 1. The first-order valence-corrected chi connectivity index (χ1v) is 25.2. The Balaban J connectivity index is 1.50. The second-order valence-electron chi connectivity index (χ2n) is 17.3. The second-order valence-corrected chi connectivity index (χ2v) is 26.7. The lowest BCUT2D eigenvalue weighted by molar-refractivity contribution is 0.286. The van der Waals surface area contributed by atoms with E-state index in [2.05, 4.69) is 128 Å². The Morgan fingerprint density at radius 3 is 1.40 bits per heavy atom. The molecule has 0 heterocycles. The summed E-state index contributed by atoms with van der Waals surface area (Å²) in [6.45, 7) is 24.0. The van der Waals surface area contributed by atoms with Gasteiger partial charge in [-0.25, -0.2) is 0 Å². The van der Waals surface area contributed by atoms with Gasteiger partial charge in [-0.1, -0.05) is 151 Å². The van der Waals surface area contributed by atoms with E-state index in [0.29, 0.717) is 32.0 Å². The van der Waals surface area contributed by atoms with Gasteiger partial charge in [0, 0.05) is 17.7 Å². The highest BCUT2D eigenvalue weighted by molar-refractivity contribution is 6.75. The first kappa shape index (κ1) is 41.4. The average molecular weight is 773 g/mol. The third-order valence-corrected chi connectivity index (χ3v) is 19.5. The van der Waals surface area contributed by atoms with Gasteiger partial charge in [0.05, 0.1) is 0 Å². The number of hydrogen-bond donors (Lipinski definition) is 0. The van der Waals surface area contributed by atoms with Crippen LogP contribution in [0.3, 0.4) is 0 Å². The lowest BCUT2D eigenvalue weighted by Gasteiger charge is -2.37. The maximum Gasteiger partial charge on any atom is 0.250 e. The minimum absolute atomic E-state index is 0.00303. The molecule has 0 spiro atoms. The zero-order chi connectivity index (χ0) is 39.7. The van der Waals surface area contributed by atoms with Gasteiger partial charge < -0.3 is 23.1 Å². The lowest BCUT2D eigenvalue weighted by Crippen LogP contribution is -2.44. The molecule has 0 bridgehead atoms. The molecule has 0 amide bonds. The third kappa shape index (κ3) is 11.6. The van der Waals surface area contributed by atoms with Crippen LogP contribution in [-0.2, 0) is 26.2 Å². The van der Waals surface area contributed by atoms with Crippen LogP contribution in [0.4, 0.5) is 0 Å². The van der Waals surface area contributed by atoms with Crippen molar-refractivity contribution in [2.75, 3.05) is 0 Å². The molecule has 5 rings (SSSR count). The SMILES string of the molecule is CC(C)(C)[Si](C)(C)Oc1cc(/C=C/Cc2c(OCc3ccccc3)cc(OCc3ccccc3)cc2O[Si](C)(C)C(C)(C)C)ccc1OCc1ccccc1. The summed E-state index contributed by atoms with van der Waals surface area (Å²) in [4.78, 5) is 0. The van der Waals surface area contributed by atoms with Gasteiger partial charge in [-0.05, 0) is 77.1 Å². The van der Waals surface area contributed by atoms with Gasteiger partial charge in [0.25, 0.3) is 8.32 Å². The standard InChI is InChI=1S/C48H60O5Si2/c1-47(2,3)54(7,8)52-45-33-41(49-34-38-21-14-11-15-22-38)32-44(51-36-40-25-18-13-19-26-40)42(45)28-20-27-37-29-30-43(50-35-39-23-16-12-17-24-39)46(31-37)53-55(9,10)48(4,5)6/h11-27,29-33H,28,34-36H2,1-10H3/b27-20+. The molecule has 0 aliphatic carbocycles. The van der Waals surface area contributed by atoms with Crippen molar-refractivity contribution in [3.05, 3.63) is 155 Å². The second kappa shape index (κ2) is 17.8. The van der Waals surface area contributed by atoms with Gasteiger partial charge in [0.1, 0.15) is 42.8 Å². The molecule has 5 nitrogen and oxygen atoms in total. The number of rotatable bonds is 16. The predicted octanol–water partition coefficient (Wildman–Crippen LogP) is 13.4. The molecule has 0 unspecified atom stereocenters. The smallest absolute Gasteiger partial charge is 0.250 e. The van der Waals surface area contributed by atoms with Crippen molar-refractivity contribution >= 4 is 22.7 Å². The topological polar surface area (TPSA) is 46.2 Å². The highest BCUT2D eigenvalue weighted by atomic mass is 28.4. The van der Waals surface area contributed by atoms with Crippen LogP contribution in [0.5, 0.6) is 28.7 Å². The maximum atomic E-state index is 7.08. The highest BCUT2D eigenvalue weighted by Crippen LogP contribution is 2.43. The summed E-state index contributed by atoms with van der Waals surface area (Å²) in [7, 11) is -4.41. The van der Waals surface area contributed by atoms with Gasteiger partial charge in [-0.3, -0.25) is 0 Å². The Morgan fingerprint density at radius 2 is 0.909 bits per heavy atom. The zero-order valence-corrected chi connectivity index (χ0v) is 36.6. The Morgan fingerprint density at radius 1 is 0.473 bits per heavy atom. The van der Waals surface area contributed by atoms with Crippen molar-refractivity contribution in [2.24, 2.45) is 0 Å². The van der Waals surface area contributed by atoms with Gasteiger partial charge in [-0.2, -0.15) is 0 Å². The molecule has 5 aromatic rings. The number of ether oxygens (including phenoxy) is 3. The molecule has 5 aromatic carbocycles. The zero-order valence-electron chi connectivity index (χ0n) is 34.6. The summed E-state index contributed by atoms with van der Waals surface area (Å²) < 4.78 is 33.4. The molecule has 0 N–H and O–H groups in total. The maximum absolute atomic E-state index is 7.08. The van der Waals surface area contributed by atoms with Crippen molar-refractivity contribution in [3.63, 3.8) is 0 Å². The van der Waals surface area contributed by atoms with E-state index in [0.717, 1.165) is 50.8 Å². The number of hydrogen-bond acceptors (Lipinski definition) is 5. The van der Waals surface area contributed by atoms with E-state index in [1.54, 1.807) is 0 Å². The molecule has 0 aliphatic heterocycles. The molecule has 55 heavy (non-hydrogen) atoms. The van der Waals surface area contributed by atoms with E-state index in [4.69, 9.17) is 23.1 Å². The predicted molar refractivity (Wildman–Crippen MR) is 234 cm³/mol. The fraction of sp³-hybridized carbons (Fsp3) is 0.333. The first-order valence-electron chi connectivity index (χ1n) is 19.4. The van der Waals surface area contributed by atoms with Crippen molar-refractivity contribution in [1.82, 2.24) is 0 Å². The molecule has 7 heteroatoms. The molecule has 0 saturated carbocycles. The minimum atomic E-state index is -2.25. The van der Waals surface area contributed by atoms with Crippen LogP contribution in [0.2, 0.25) is 36.3 Å². The van der Waals surface area contributed by atoms with E-state index < -0.39 is 16.6 Å². The van der Waals surface area contributed by atoms with E-state index in [1.165, 1.54) is 0 Å². The summed E-state index contributed by atoms with van der Waals surface area (Å²) in [5.41, 5.74) is 5.32. The summed E-state index contributed by atoms with van der Waals surface area (Å²) in [5.74, 6) is 3.79. The summed E-state index contributed by atoms with van der Waals surface area (Å²) in [5, 5.41) is 0.0279. The van der Waals surface area contributed by atoms with Gasteiger partial charge in [0.2, 0.25) is 8.32 Å². The molecule has 0 atom stereocenters. The lowest BCUT2D eigenvalue weighted by atomic mass is 10.1. The van der Waals surface area contributed by atoms with Gasteiger partial charge >= 0.3 is 0 Å². The summed E-state index contributed by atoms with van der Waals surface area (Å²) in [6, 6.07) is 41.0. The Kier molecular flexibility index (Phi) is 13.4. The van der Waals surface area contributed by atoms with Crippen molar-refractivity contribution in [3.8, 4) is 28.7 Å². The van der Waals surface area contributed by atoms with Crippen LogP contribution >= 0.6 is 0 Å². The highest BCUT2D eigenvalue weighted by Gasteiger charge is 2.40. The monoisotopic (exact) mass is 772 g/mol. The van der Waals surface area contributed by atoms with E-state index in [1.807, 2.05) is 72.8 Å². The minimum Gasteiger partial charge on any atom is -0.543 e. The molecule has 0 aromatic heterocycles. The number of benzene rings is 5. The average Bonchev–Trinajstić information content (AvgIpc) is 3.13. The fourth-order valence-corrected chi connectivity index (χ4v) is 7.36. The van der Waals surface area contributed by atoms with E-state index >= 15 is 0 Å². The van der Waals surface area contributed by atoms with E-state index in [9.17, 15) is 0 Å². The van der Waals surface area contributed by atoms with Crippen LogP contribution in [-0.4, -0.2) is 16.6 Å². The van der Waals surface area contributed by atoms with Crippen molar-refractivity contribution < 1.29 is 23.1 Å². The Labute approximate surface area is 332 Å². The van der Waals surface area contributed by atoms with Gasteiger partial charge in [0.15, 0.2) is 5.75 Å². The molecule has 0 saturated heterocycles. The molecule has 0 fully saturated rings. The molecular formula is C48H60O5Si2. The van der Waals surface area contributed by atoms with Crippen LogP contribution in [0, 0.1) is 0 Å². The van der Waals surface area contributed by atoms with E-state index in [-0.39, 0.29) is 10.1 Å². The van der Waals surface area contributed by atoms with Crippen LogP contribution in [0.1, 0.15) is 69.4 Å². The summed E-state index contributed by atoms with van der Waals surface area (Å²) >= 11 is 0. The quantitative estimate of drug-likeness (QED) is 0.0935. The Bertz CT molecular complexity index is 1990. The largest absolute Gasteiger partial charge is 0.543 e. The van der Waals surface area contributed by atoms with Crippen molar-refractivity contribution in [1.29, 1.82) is 0 Å². The fourth-order valence-electron chi connectivity index (χ4n) is 5.31. The van der Waals surface area contributed by atoms with Crippen LogP contribution in [0.15, 0.2) is 127 Å². The molecule has 290 valence electrons. The van der Waals surface area contributed by atoms with Crippen LogP contribution < -0.4 is 23.1 Å². The Hall–Kier alpha value is -4.73. The third-order valence-electron chi connectivity index (χ3n) is 10.8. The van der Waals surface area contributed by atoms with Crippen LogP contribution in [0.25, 0.3) is 6.08 Å². The normalized spacial score (nSPS) is 12.4.